The molecule has 2 heterocycles. The first kappa shape index (κ1) is 11.1. The van der Waals surface area contributed by atoms with E-state index in [1.165, 1.54) is 5.56 Å². The summed E-state index contributed by atoms with van der Waals surface area (Å²) in [7, 11) is 0. The molecule has 0 aliphatic carbocycles. The van der Waals surface area contributed by atoms with Crippen LogP contribution in [0.25, 0.3) is 0 Å². The first-order chi connectivity index (χ1) is 7.09. The molecule has 15 heavy (non-hydrogen) atoms. The molecule has 0 spiro atoms. The Balaban J connectivity index is 1.92. The van der Waals surface area contributed by atoms with E-state index in [-0.39, 0.29) is 6.10 Å². The van der Waals surface area contributed by atoms with Crippen LogP contribution in [0, 0.1) is 0 Å². The summed E-state index contributed by atoms with van der Waals surface area (Å²) in [5.41, 5.74) is 1.17. The number of hydrogen-bond acceptors (Lipinski definition) is 3. The van der Waals surface area contributed by atoms with Gasteiger partial charge in [0.15, 0.2) is 5.79 Å². The van der Waals surface area contributed by atoms with E-state index < -0.39 is 5.79 Å². The van der Waals surface area contributed by atoms with Gasteiger partial charge in [0, 0.05) is 17.1 Å². The summed E-state index contributed by atoms with van der Waals surface area (Å²) < 4.78 is 13.1. The van der Waals surface area contributed by atoms with E-state index in [0.717, 1.165) is 11.9 Å². The van der Waals surface area contributed by atoms with Crippen LogP contribution in [0.5, 0.6) is 0 Å². The standard InChI is InChI=1S/C10H15BrN2O2/c1-10(2)14-7-9(15-10)6-13-5-8(3-11)4-12-13/h4-5,9H,3,6-7H2,1-2H3. The van der Waals surface area contributed by atoms with Crippen LogP contribution in [0.2, 0.25) is 0 Å². The predicted octanol–water partition coefficient (Wildman–Crippen LogP) is 1.93. The van der Waals surface area contributed by atoms with E-state index >= 15 is 0 Å². The summed E-state index contributed by atoms with van der Waals surface area (Å²) in [6.45, 7) is 5.24. The largest absolute Gasteiger partial charge is 0.348 e. The van der Waals surface area contributed by atoms with Crippen LogP contribution in [0.3, 0.4) is 0 Å². The number of aromatic nitrogens is 2. The van der Waals surface area contributed by atoms with Gasteiger partial charge >= 0.3 is 0 Å². The molecule has 1 saturated heterocycles. The Morgan fingerprint density at radius 3 is 3.00 bits per heavy atom. The van der Waals surface area contributed by atoms with Crippen molar-refractivity contribution < 1.29 is 9.47 Å². The lowest BCUT2D eigenvalue weighted by Gasteiger charge is -2.16. The maximum absolute atomic E-state index is 5.70. The Hall–Kier alpha value is -0.390. The molecule has 1 aromatic heterocycles. The molecule has 0 amide bonds. The van der Waals surface area contributed by atoms with Gasteiger partial charge in [0.2, 0.25) is 0 Å². The monoisotopic (exact) mass is 274 g/mol. The molecule has 1 fully saturated rings. The molecule has 0 radical (unpaired) electrons. The Kier molecular flexibility index (Phi) is 3.13. The van der Waals surface area contributed by atoms with E-state index in [1.807, 2.05) is 30.9 Å². The summed E-state index contributed by atoms with van der Waals surface area (Å²) in [5, 5.41) is 5.08. The smallest absolute Gasteiger partial charge is 0.163 e. The normalized spacial score (nSPS) is 24.6. The second-order valence-corrected chi connectivity index (χ2v) is 4.72. The molecule has 2 rings (SSSR count). The molecule has 1 atom stereocenters. The molecule has 84 valence electrons. The molecular weight excluding hydrogens is 260 g/mol. The summed E-state index contributed by atoms with van der Waals surface area (Å²) in [6, 6.07) is 0. The number of hydrogen-bond donors (Lipinski definition) is 0. The number of nitrogens with zero attached hydrogens (tertiary/aromatic N) is 2. The Morgan fingerprint density at radius 2 is 2.47 bits per heavy atom. The van der Waals surface area contributed by atoms with Gasteiger partial charge in [-0.3, -0.25) is 4.68 Å². The fourth-order valence-corrected chi connectivity index (χ4v) is 1.93. The summed E-state index contributed by atoms with van der Waals surface area (Å²) in [4.78, 5) is 0. The molecule has 1 aromatic rings. The SMILES string of the molecule is CC1(C)OCC(Cn2cc(CBr)cn2)O1. The van der Waals surface area contributed by atoms with Gasteiger partial charge in [0.1, 0.15) is 6.10 Å². The quantitative estimate of drug-likeness (QED) is 0.791. The van der Waals surface area contributed by atoms with Gasteiger partial charge in [-0.25, -0.2) is 0 Å². The molecule has 5 heteroatoms. The average Bonchev–Trinajstić information content (AvgIpc) is 2.73. The molecule has 1 aliphatic rings. The van der Waals surface area contributed by atoms with Crippen LogP contribution < -0.4 is 0 Å². The van der Waals surface area contributed by atoms with Crippen molar-refractivity contribution in [1.29, 1.82) is 0 Å². The van der Waals surface area contributed by atoms with Gasteiger partial charge in [-0.05, 0) is 13.8 Å². The molecule has 0 aromatic carbocycles. The lowest BCUT2D eigenvalue weighted by atomic mass is 10.3. The Labute approximate surface area is 97.7 Å². The van der Waals surface area contributed by atoms with Crippen molar-refractivity contribution in [1.82, 2.24) is 9.78 Å². The second-order valence-electron chi connectivity index (χ2n) is 4.15. The second kappa shape index (κ2) is 4.23. The van der Waals surface area contributed by atoms with Crippen LogP contribution >= 0.6 is 15.9 Å². The van der Waals surface area contributed by atoms with Gasteiger partial charge in [0.25, 0.3) is 0 Å². The molecule has 0 N–H and O–H groups in total. The van der Waals surface area contributed by atoms with Crippen molar-refractivity contribution in [2.24, 2.45) is 0 Å². The average molecular weight is 275 g/mol. The zero-order valence-electron chi connectivity index (χ0n) is 8.94. The minimum Gasteiger partial charge on any atom is -0.348 e. The number of halogens is 1. The molecule has 0 saturated carbocycles. The minimum absolute atomic E-state index is 0.100. The van der Waals surface area contributed by atoms with Crippen molar-refractivity contribution >= 4 is 15.9 Å². The van der Waals surface area contributed by atoms with Crippen molar-refractivity contribution in [2.75, 3.05) is 6.61 Å². The van der Waals surface area contributed by atoms with E-state index in [0.29, 0.717) is 6.61 Å². The highest BCUT2D eigenvalue weighted by atomic mass is 79.9. The molecule has 1 unspecified atom stereocenters. The van der Waals surface area contributed by atoms with E-state index in [2.05, 4.69) is 21.0 Å². The van der Waals surface area contributed by atoms with Gasteiger partial charge in [-0.1, -0.05) is 15.9 Å². The van der Waals surface area contributed by atoms with E-state index in [1.54, 1.807) is 0 Å². The molecule has 0 bridgehead atoms. The summed E-state index contributed by atoms with van der Waals surface area (Å²) >= 11 is 3.39. The van der Waals surface area contributed by atoms with Crippen LogP contribution in [0.1, 0.15) is 19.4 Å². The van der Waals surface area contributed by atoms with E-state index in [4.69, 9.17) is 9.47 Å². The number of rotatable bonds is 3. The van der Waals surface area contributed by atoms with Crippen molar-refractivity contribution in [3.63, 3.8) is 0 Å². The first-order valence-corrected chi connectivity index (χ1v) is 6.10. The lowest BCUT2D eigenvalue weighted by molar-refractivity contribution is -0.139. The van der Waals surface area contributed by atoms with E-state index in [9.17, 15) is 0 Å². The van der Waals surface area contributed by atoms with Crippen LogP contribution in [0.15, 0.2) is 12.4 Å². The predicted molar refractivity (Wildman–Crippen MR) is 59.8 cm³/mol. The third-order valence-corrected chi connectivity index (χ3v) is 2.95. The number of ether oxygens (including phenoxy) is 2. The highest BCUT2D eigenvalue weighted by Gasteiger charge is 2.32. The van der Waals surface area contributed by atoms with Crippen LogP contribution in [0.4, 0.5) is 0 Å². The van der Waals surface area contributed by atoms with Crippen molar-refractivity contribution in [2.45, 2.75) is 37.6 Å². The van der Waals surface area contributed by atoms with Gasteiger partial charge in [-0.2, -0.15) is 5.10 Å². The lowest BCUT2D eigenvalue weighted by Crippen LogP contribution is -2.24. The van der Waals surface area contributed by atoms with Gasteiger partial charge in [0.05, 0.1) is 19.3 Å². The Bertz CT molecular complexity index is 338. The fourth-order valence-electron chi connectivity index (χ4n) is 1.64. The van der Waals surface area contributed by atoms with Crippen molar-refractivity contribution in [3.05, 3.63) is 18.0 Å². The minimum atomic E-state index is -0.448. The third kappa shape index (κ3) is 2.80. The highest BCUT2D eigenvalue weighted by Crippen LogP contribution is 2.23. The molecular formula is C10H15BrN2O2. The molecule has 4 nitrogen and oxygen atoms in total. The fraction of sp³-hybridized carbons (Fsp3) is 0.700. The maximum atomic E-state index is 5.70. The summed E-state index contributed by atoms with van der Waals surface area (Å²) in [6.07, 6.45) is 3.97. The first-order valence-electron chi connectivity index (χ1n) is 4.98. The zero-order valence-corrected chi connectivity index (χ0v) is 10.5. The van der Waals surface area contributed by atoms with Gasteiger partial charge in [-0.15, -0.1) is 0 Å². The van der Waals surface area contributed by atoms with Crippen LogP contribution in [-0.4, -0.2) is 28.3 Å². The Morgan fingerprint density at radius 1 is 1.67 bits per heavy atom. The topological polar surface area (TPSA) is 36.3 Å². The molecule has 1 aliphatic heterocycles. The van der Waals surface area contributed by atoms with Crippen LogP contribution in [-0.2, 0) is 21.3 Å². The maximum Gasteiger partial charge on any atom is 0.163 e. The highest BCUT2D eigenvalue weighted by molar-refractivity contribution is 9.08. The number of alkyl halides is 1. The van der Waals surface area contributed by atoms with Gasteiger partial charge < -0.3 is 9.47 Å². The van der Waals surface area contributed by atoms with Crippen molar-refractivity contribution in [3.8, 4) is 0 Å². The summed E-state index contributed by atoms with van der Waals surface area (Å²) in [5.74, 6) is -0.448. The third-order valence-electron chi connectivity index (χ3n) is 2.30. The zero-order chi connectivity index (χ0) is 10.9.